The second kappa shape index (κ2) is 4.62. The second-order valence-electron chi connectivity index (χ2n) is 4.21. The quantitative estimate of drug-likeness (QED) is 0.648. The average molecular weight is 270 g/mol. The molecule has 0 radical (unpaired) electrons. The van der Waals surface area contributed by atoms with E-state index < -0.39 is 0 Å². The first-order valence-corrected chi connectivity index (χ1v) is 5.85. The van der Waals surface area contributed by atoms with Crippen LogP contribution in [0.25, 0.3) is 0 Å². The Morgan fingerprint density at radius 1 is 1.00 bits per heavy atom. The zero-order chi connectivity index (χ0) is 14.1. The van der Waals surface area contributed by atoms with Gasteiger partial charge >= 0.3 is 0 Å². The number of hydrogen-bond acceptors (Lipinski definition) is 5. The van der Waals surface area contributed by atoms with E-state index in [1.54, 1.807) is 12.1 Å². The largest absolute Gasteiger partial charge is 0.508 e. The van der Waals surface area contributed by atoms with E-state index in [1.807, 2.05) is 0 Å². The van der Waals surface area contributed by atoms with Crippen molar-refractivity contribution in [3.63, 3.8) is 0 Å². The molecule has 0 fully saturated rings. The minimum Gasteiger partial charge on any atom is -0.508 e. The summed E-state index contributed by atoms with van der Waals surface area (Å²) in [5.74, 6) is 0.650. The van der Waals surface area contributed by atoms with E-state index in [1.165, 1.54) is 36.6 Å². The van der Waals surface area contributed by atoms with Gasteiger partial charge in [-0.2, -0.15) is 0 Å². The summed E-state index contributed by atoms with van der Waals surface area (Å²) in [6.07, 6.45) is 1.20. The summed E-state index contributed by atoms with van der Waals surface area (Å²) in [6.45, 7) is 0. The molecule has 0 aromatic heterocycles. The first-order valence-electron chi connectivity index (χ1n) is 5.85. The Labute approximate surface area is 114 Å². The number of allylic oxidation sites excluding steroid dienone is 1. The Morgan fingerprint density at radius 2 is 1.70 bits per heavy atom. The molecule has 2 aromatic rings. The Kier molecular flexibility index (Phi) is 2.80. The van der Waals surface area contributed by atoms with Crippen molar-refractivity contribution in [1.82, 2.24) is 0 Å². The summed E-state index contributed by atoms with van der Waals surface area (Å²) in [4.78, 5) is 12.0. The van der Waals surface area contributed by atoms with Crippen molar-refractivity contribution in [2.24, 2.45) is 0 Å². The molecule has 100 valence electrons. The molecule has 0 aliphatic carbocycles. The molecule has 0 saturated carbocycles. The number of rotatable bonds is 2. The number of Topliss-reactive ketones (excluding diaryl/α,β-unsaturated/α-hetero) is 1. The van der Waals surface area contributed by atoms with Gasteiger partial charge in [0.15, 0.2) is 0 Å². The van der Waals surface area contributed by atoms with Gasteiger partial charge in [0.25, 0.3) is 0 Å². The number of carbonyl (C=O) groups is 1. The maximum Gasteiger partial charge on any atom is 0.235 e. The number of hydrogen-bond donors (Lipinski definition) is 2. The lowest BCUT2D eigenvalue weighted by molar-refractivity contribution is 0.101. The van der Waals surface area contributed by atoms with Gasteiger partial charge in [-0.05, 0) is 36.4 Å². The zero-order valence-electron chi connectivity index (χ0n) is 10.2. The lowest BCUT2D eigenvalue weighted by Gasteiger charge is -2.01. The van der Waals surface area contributed by atoms with Crippen LogP contribution in [0.2, 0.25) is 0 Å². The van der Waals surface area contributed by atoms with E-state index in [0.29, 0.717) is 17.1 Å². The second-order valence-corrected chi connectivity index (χ2v) is 4.21. The van der Waals surface area contributed by atoms with Crippen molar-refractivity contribution in [3.05, 3.63) is 60.0 Å². The molecule has 20 heavy (non-hydrogen) atoms. The topological polar surface area (TPSA) is 76.0 Å². The van der Waals surface area contributed by atoms with Crippen molar-refractivity contribution in [2.75, 3.05) is 0 Å². The first-order chi connectivity index (χ1) is 9.63. The van der Waals surface area contributed by atoms with Gasteiger partial charge in [0.05, 0.1) is 5.56 Å². The predicted molar refractivity (Wildman–Crippen MR) is 69.9 cm³/mol. The molecule has 5 heteroatoms. The minimum absolute atomic E-state index is 0.0252. The molecule has 2 aromatic carbocycles. The Bertz CT molecular complexity index is 701. The normalized spacial score (nSPS) is 15.0. The maximum atomic E-state index is 12.0. The summed E-state index contributed by atoms with van der Waals surface area (Å²) in [5, 5.41) is 18.5. The number of carbonyl (C=O) groups excluding carboxylic acids is 1. The molecule has 0 spiro atoms. The molecule has 1 aliphatic heterocycles. The van der Waals surface area contributed by atoms with E-state index in [-0.39, 0.29) is 23.0 Å². The van der Waals surface area contributed by atoms with Crippen molar-refractivity contribution in [1.29, 1.82) is 0 Å². The SMILES string of the molecule is O=C1C(=COc2ccc(O)cc2)Oc2cc(O)ccc21. The monoisotopic (exact) mass is 270 g/mol. The van der Waals surface area contributed by atoms with Crippen LogP contribution in [0, 0.1) is 0 Å². The number of fused-ring (bicyclic) bond motifs is 1. The molecule has 0 saturated heterocycles. The molecule has 1 heterocycles. The van der Waals surface area contributed by atoms with Crippen LogP contribution in [0.5, 0.6) is 23.0 Å². The Hall–Kier alpha value is -2.95. The molecule has 0 atom stereocenters. The molecule has 2 N–H and O–H groups in total. The van der Waals surface area contributed by atoms with Gasteiger partial charge in [-0.3, -0.25) is 4.79 Å². The van der Waals surface area contributed by atoms with Crippen LogP contribution in [-0.2, 0) is 0 Å². The van der Waals surface area contributed by atoms with Crippen LogP contribution in [0.15, 0.2) is 54.5 Å². The molecule has 1 aliphatic rings. The van der Waals surface area contributed by atoms with Gasteiger partial charge in [0.2, 0.25) is 11.5 Å². The van der Waals surface area contributed by atoms with Crippen LogP contribution >= 0.6 is 0 Å². The lowest BCUT2D eigenvalue weighted by atomic mass is 10.1. The molecule has 0 unspecified atom stereocenters. The fraction of sp³-hybridized carbons (Fsp3) is 0. The van der Waals surface area contributed by atoms with Gasteiger partial charge < -0.3 is 19.7 Å². The number of ketones is 1. The van der Waals surface area contributed by atoms with Crippen LogP contribution in [0.4, 0.5) is 0 Å². The summed E-state index contributed by atoms with van der Waals surface area (Å²) in [5.41, 5.74) is 0.378. The van der Waals surface area contributed by atoms with Gasteiger partial charge in [-0.25, -0.2) is 0 Å². The van der Waals surface area contributed by atoms with E-state index in [9.17, 15) is 9.90 Å². The smallest absolute Gasteiger partial charge is 0.235 e. The third-order valence-corrected chi connectivity index (χ3v) is 2.79. The fourth-order valence-corrected chi connectivity index (χ4v) is 1.80. The highest BCUT2D eigenvalue weighted by Crippen LogP contribution is 2.33. The third kappa shape index (κ3) is 2.16. The standard InChI is InChI=1S/C15H10O5/c16-9-1-4-11(5-2-9)19-8-14-15(18)12-6-3-10(17)7-13(12)20-14/h1-8,16-17H. The average Bonchev–Trinajstić information content (AvgIpc) is 2.74. The lowest BCUT2D eigenvalue weighted by Crippen LogP contribution is -2.00. The first kappa shape index (κ1) is 12.1. The number of ether oxygens (including phenoxy) is 2. The summed E-state index contributed by atoms with van der Waals surface area (Å²) < 4.78 is 10.6. The zero-order valence-corrected chi connectivity index (χ0v) is 10.2. The number of phenolic OH excluding ortho intramolecular Hbond substituents is 2. The van der Waals surface area contributed by atoms with E-state index in [4.69, 9.17) is 14.6 Å². The predicted octanol–water partition coefficient (Wildman–Crippen LogP) is 2.59. The van der Waals surface area contributed by atoms with Crippen LogP contribution in [0.3, 0.4) is 0 Å². The van der Waals surface area contributed by atoms with E-state index >= 15 is 0 Å². The molecule has 3 rings (SSSR count). The highest BCUT2D eigenvalue weighted by atomic mass is 16.5. The molecular formula is C15H10O5. The summed E-state index contributed by atoms with van der Waals surface area (Å²) in [6, 6.07) is 10.3. The third-order valence-electron chi connectivity index (χ3n) is 2.79. The maximum absolute atomic E-state index is 12.0. The van der Waals surface area contributed by atoms with Gasteiger partial charge in [-0.1, -0.05) is 0 Å². The van der Waals surface area contributed by atoms with E-state index in [2.05, 4.69) is 0 Å². The summed E-state index contributed by atoms with van der Waals surface area (Å²) in [7, 11) is 0. The molecular weight excluding hydrogens is 260 g/mol. The molecule has 0 bridgehead atoms. The van der Waals surface area contributed by atoms with Crippen LogP contribution < -0.4 is 9.47 Å². The van der Waals surface area contributed by atoms with Gasteiger partial charge in [-0.15, -0.1) is 0 Å². The van der Waals surface area contributed by atoms with Gasteiger partial charge in [0.1, 0.15) is 29.3 Å². The highest BCUT2D eigenvalue weighted by molar-refractivity contribution is 6.12. The number of benzene rings is 2. The molecule has 0 amide bonds. The van der Waals surface area contributed by atoms with Crippen molar-refractivity contribution in [3.8, 4) is 23.0 Å². The highest BCUT2D eigenvalue weighted by Gasteiger charge is 2.28. The fourth-order valence-electron chi connectivity index (χ4n) is 1.80. The van der Waals surface area contributed by atoms with Crippen molar-refractivity contribution < 1.29 is 24.5 Å². The van der Waals surface area contributed by atoms with E-state index in [0.717, 1.165) is 0 Å². The van der Waals surface area contributed by atoms with Gasteiger partial charge in [0, 0.05) is 6.07 Å². The molecule has 5 nitrogen and oxygen atoms in total. The van der Waals surface area contributed by atoms with Crippen LogP contribution in [-0.4, -0.2) is 16.0 Å². The summed E-state index contributed by atoms with van der Waals surface area (Å²) >= 11 is 0. The van der Waals surface area contributed by atoms with Crippen molar-refractivity contribution in [2.45, 2.75) is 0 Å². The minimum atomic E-state index is -0.307. The van der Waals surface area contributed by atoms with Crippen LogP contribution in [0.1, 0.15) is 10.4 Å². The number of aromatic hydroxyl groups is 2. The number of phenols is 2. The Balaban J connectivity index is 1.81. The van der Waals surface area contributed by atoms with Crippen molar-refractivity contribution >= 4 is 5.78 Å². The Morgan fingerprint density at radius 3 is 2.45 bits per heavy atom.